The number of piperazine rings is 1. The molecular formula is C14H24N4O2S. The molecule has 2 N–H and O–H groups in total. The molecule has 2 heterocycles. The summed E-state index contributed by atoms with van der Waals surface area (Å²) in [4.78, 5) is 20.3. The molecule has 1 aliphatic heterocycles. The number of nitrogens with two attached hydrogens (primary N) is 1. The lowest BCUT2D eigenvalue weighted by Gasteiger charge is -2.34. The van der Waals surface area contributed by atoms with Crippen molar-refractivity contribution in [2.24, 2.45) is 5.73 Å². The number of hydrogen-bond acceptors (Lipinski definition) is 6. The first kappa shape index (κ1) is 16.4. The normalized spacial score (nSPS) is 18.0. The molecule has 1 aromatic heterocycles. The Morgan fingerprint density at radius 2 is 2.19 bits per heavy atom. The SMILES string of the molecule is CCOC(C)c1nc(CN2CCN(C(=O)CN)CC2)cs1. The summed E-state index contributed by atoms with van der Waals surface area (Å²) in [6.07, 6.45) is 0.0628. The van der Waals surface area contributed by atoms with Crippen LogP contribution in [0.25, 0.3) is 0 Å². The summed E-state index contributed by atoms with van der Waals surface area (Å²) in [5.41, 5.74) is 6.47. The minimum Gasteiger partial charge on any atom is -0.372 e. The number of aromatic nitrogens is 1. The summed E-state index contributed by atoms with van der Waals surface area (Å²) in [6.45, 7) is 8.92. The van der Waals surface area contributed by atoms with Crippen molar-refractivity contribution in [3.63, 3.8) is 0 Å². The van der Waals surface area contributed by atoms with Crippen LogP contribution in [-0.2, 0) is 16.1 Å². The molecule has 0 saturated carbocycles. The van der Waals surface area contributed by atoms with Crippen molar-refractivity contribution in [3.8, 4) is 0 Å². The van der Waals surface area contributed by atoms with Crippen LogP contribution in [0.4, 0.5) is 0 Å². The number of nitrogens with zero attached hydrogens (tertiary/aromatic N) is 3. The molecule has 6 nitrogen and oxygen atoms in total. The molecule has 2 rings (SSSR count). The molecule has 0 aromatic carbocycles. The van der Waals surface area contributed by atoms with Crippen molar-refractivity contribution >= 4 is 17.2 Å². The molecule has 1 atom stereocenters. The molecule has 1 aromatic rings. The predicted molar refractivity (Wildman–Crippen MR) is 83.1 cm³/mol. The van der Waals surface area contributed by atoms with E-state index in [0.29, 0.717) is 6.61 Å². The summed E-state index contributed by atoms with van der Waals surface area (Å²) in [5.74, 6) is 0.0381. The molecule has 21 heavy (non-hydrogen) atoms. The van der Waals surface area contributed by atoms with E-state index in [1.165, 1.54) is 0 Å². The van der Waals surface area contributed by atoms with Crippen LogP contribution in [0.1, 0.15) is 30.7 Å². The molecule has 1 saturated heterocycles. The highest BCUT2D eigenvalue weighted by Gasteiger charge is 2.21. The zero-order chi connectivity index (χ0) is 15.2. The Labute approximate surface area is 129 Å². The van der Waals surface area contributed by atoms with Crippen molar-refractivity contribution in [2.75, 3.05) is 39.3 Å². The Morgan fingerprint density at radius 1 is 1.48 bits per heavy atom. The van der Waals surface area contributed by atoms with Crippen molar-refractivity contribution in [1.82, 2.24) is 14.8 Å². The number of thiazole rings is 1. The van der Waals surface area contributed by atoms with Crippen LogP contribution >= 0.6 is 11.3 Å². The molecule has 0 bridgehead atoms. The molecule has 0 spiro atoms. The number of carbonyl (C=O) groups excluding carboxylic acids is 1. The Morgan fingerprint density at radius 3 is 2.81 bits per heavy atom. The molecule has 0 aliphatic carbocycles. The molecule has 0 radical (unpaired) electrons. The second-order valence-electron chi connectivity index (χ2n) is 5.14. The highest BCUT2D eigenvalue weighted by atomic mass is 32.1. The van der Waals surface area contributed by atoms with Crippen molar-refractivity contribution in [2.45, 2.75) is 26.5 Å². The fraction of sp³-hybridized carbons (Fsp3) is 0.714. The van der Waals surface area contributed by atoms with Crippen LogP contribution in [0.5, 0.6) is 0 Å². The maximum Gasteiger partial charge on any atom is 0.236 e. The van der Waals surface area contributed by atoms with Crippen LogP contribution in [0, 0.1) is 0 Å². The van der Waals surface area contributed by atoms with Crippen LogP contribution < -0.4 is 5.73 Å². The molecule has 118 valence electrons. The van der Waals surface area contributed by atoms with Gasteiger partial charge in [0.05, 0.1) is 12.2 Å². The molecule has 1 amide bonds. The van der Waals surface area contributed by atoms with Gasteiger partial charge in [0.2, 0.25) is 5.91 Å². The largest absolute Gasteiger partial charge is 0.372 e. The van der Waals surface area contributed by atoms with Crippen LogP contribution in [0.15, 0.2) is 5.38 Å². The summed E-state index contributed by atoms with van der Waals surface area (Å²) >= 11 is 1.65. The third-order valence-electron chi connectivity index (χ3n) is 3.62. The number of amides is 1. The Bertz CT molecular complexity index is 458. The molecule has 1 fully saturated rings. The number of hydrogen-bond donors (Lipinski definition) is 1. The summed E-state index contributed by atoms with van der Waals surface area (Å²) < 4.78 is 5.56. The number of ether oxygens (including phenoxy) is 1. The van der Waals surface area contributed by atoms with E-state index in [-0.39, 0.29) is 18.6 Å². The zero-order valence-electron chi connectivity index (χ0n) is 12.7. The summed E-state index contributed by atoms with van der Waals surface area (Å²) in [6, 6.07) is 0. The van der Waals surface area contributed by atoms with Gasteiger partial charge in [0.25, 0.3) is 0 Å². The van der Waals surface area contributed by atoms with E-state index in [1.54, 1.807) is 11.3 Å². The van der Waals surface area contributed by atoms with E-state index in [9.17, 15) is 4.79 Å². The van der Waals surface area contributed by atoms with E-state index >= 15 is 0 Å². The highest BCUT2D eigenvalue weighted by Crippen LogP contribution is 2.22. The smallest absolute Gasteiger partial charge is 0.236 e. The van der Waals surface area contributed by atoms with E-state index in [4.69, 9.17) is 10.5 Å². The van der Waals surface area contributed by atoms with E-state index in [0.717, 1.165) is 43.4 Å². The lowest BCUT2D eigenvalue weighted by atomic mass is 10.3. The Kier molecular flexibility index (Phi) is 6.10. The van der Waals surface area contributed by atoms with Gasteiger partial charge in [-0.15, -0.1) is 11.3 Å². The fourth-order valence-corrected chi connectivity index (χ4v) is 3.23. The molecule has 1 unspecified atom stereocenters. The van der Waals surface area contributed by atoms with Gasteiger partial charge in [-0.2, -0.15) is 0 Å². The number of rotatable bonds is 6. The van der Waals surface area contributed by atoms with Gasteiger partial charge >= 0.3 is 0 Å². The lowest BCUT2D eigenvalue weighted by molar-refractivity contribution is -0.131. The van der Waals surface area contributed by atoms with E-state index in [2.05, 4.69) is 15.3 Å². The second kappa shape index (κ2) is 7.84. The minimum atomic E-state index is 0.0381. The van der Waals surface area contributed by atoms with Crippen molar-refractivity contribution < 1.29 is 9.53 Å². The maximum absolute atomic E-state index is 11.5. The van der Waals surface area contributed by atoms with Gasteiger partial charge in [-0.05, 0) is 13.8 Å². The molecule has 1 aliphatic rings. The van der Waals surface area contributed by atoms with E-state index in [1.807, 2.05) is 18.7 Å². The number of carbonyl (C=O) groups is 1. The maximum atomic E-state index is 11.5. The average molecular weight is 312 g/mol. The Balaban J connectivity index is 1.82. The first-order valence-electron chi connectivity index (χ1n) is 7.40. The van der Waals surface area contributed by atoms with Gasteiger partial charge in [-0.25, -0.2) is 4.98 Å². The monoisotopic (exact) mass is 312 g/mol. The third kappa shape index (κ3) is 4.47. The van der Waals surface area contributed by atoms with Crippen molar-refractivity contribution in [3.05, 3.63) is 16.1 Å². The third-order valence-corrected chi connectivity index (χ3v) is 4.67. The van der Waals surface area contributed by atoms with Crippen LogP contribution in [0.3, 0.4) is 0 Å². The van der Waals surface area contributed by atoms with Gasteiger partial charge in [-0.1, -0.05) is 0 Å². The molecule has 7 heteroatoms. The first-order valence-corrected chi connectivity index (χ1v) is 8.28. The van der Waals surface area contributed by atoms with Crippen molar-refractivity contribution in [1.29, 1.82) is 0 Å². The summed E-state index contributed by atoms with van der Waals surface area (Å²) in [5, 5.41) is 3.13. The van der Waals surface area contributed by atoms with Crippen LogP contribution in [0.2, 0.25) is 0 Å². The molecular weight excluding hydrogens is 288 g/mol. The van der Waals surface area contributed by atoms with Crippen LogP contribution in [-0.4, -0.2) is 60.0 Å². The second-order valence-corrected chi connectivity index (χ2v) is 6.03. The lowest BCUT2D eigenvalue weighted by Crippen LogP contribution is -2.49. The van der Waals surface area contributed by atoms with Gasteiger partial charge in [0.1, 0.15) is 11.1 Å². The summed E-state index contributed by atoms with van der Waals surface area (Å²) in [7, 11) is 0. The van der Waals surface area contributed by atoms with Gasteiger partial charge in [0, 0.05) is 44.7 Å². The van der Waals surface area contributed by atoms with Gasteiger partial charge in [-0.3, -0.25) is 9.69 Å². The zero-order valence-corrected chi connectivity index (χ0v) is 13.6. The first-order chi connectivity index (χ1) is 10.1. The quantitative estimate of drug-likeness (QED) is 0.843. The van der Waals surface area contributed by atoms with E-state index < -0.39 is 0 Å². The predicted octanol–water partition coefficient (Wildman–Crippen LogP) is 0.844. The Hall–Kier alpha value is -1.02. The van der Waals surface area contributed by atoms with Gasteiger partial charge in [0.15, 0.2) is 0 Å². The average Bonchev–Trinajstić information content (AvgIpc) is 2.96. The minimum absolute atomic E-state index is 0.0381. The van der Waals surface area contributed by atoms with Gasteiger partial charge < -0.3 is 15.4 Å². The fourth-order valence-electron chi connectivity index (χ4n) is 2.42. The topological polar surface area (TPSA) is 71.7 Å². The highest BCUT2D eigenvalue weighted by molar-refractivity contribution is 7.09. The standard InChI is InChI=1S/C14H24N4O2S/c1-3-20-11(2)14-16-12(10-21-14)9-17-4-6-18(7-5-17)13(19)8-15/h10-11H,3-9,15H2,1-2H3.